The number of esters is 1. The highest BCUT2D eigenvalue weighted by molar-refractivity contribution is 5.99. The van der Waals surface area contributed by atoms with Gasteiger partial charge in [0.1, 0.15) is 17.4 Å². The molecule has 0 saturated heterocycles. The van der Waals surface area contributed by atoms with Crippen LogP contribution in [0.15, 0.2) is 29.8 Å². The Morgan fingerprint density at radius 2 is 1.97 bits per heavy atom. The van der Waals surface area contributed by atoms with Gasteiger partial charge in [0.05, 0.1) is 6.61 Å². The number of nitriles is 1. The van der Waals surface area contributed by atoms with E-state index in [-0.39, 0.29) is 17.5 Å². The number of benzene rings is 1. The molecule has 0 bridgehead atoms. The van der Waals surface area contributed by atoms with E-state index >= 15 is 0 Å². The lowest BCUT2D eigenvalue weighted by Gasteiger charge is -2.35. The molecular weight excluding hydrogens is 368 g/mol. The van der Waals surface area contributed by atoms with Gasteiger partial charge in [-0.05, 0) is 55.9 Å². The molecule has 1 aromatic rings. The van der Waals surface area contributed by atoms with Crippen molar-refractivity contribution >= 4 is 18.0 Å². The maximum Gasteiger partial charge on any atom is 0.349 e. The van der Waals surface area contributed by atoms with Gasteiger partial charge < -0.3 is 14.8 Å². The predicted octanol–water partition coefficient (Wildman–Crippen LogP) is 3.86. The number of nitrogens with one attached hydrogen (secondary N) is 1. The summed E-state index contributed by atoms with van der Waals surface area (Å²) in [5.41, 5.74) is 0.512. The number of hydrogen-bond donors (Lipinski definition) is 1. The van der Waals surface area contributed by atoms with Gasteiger partial charge in [0.15, 0.2) is 6.10 Å². The fraction of sp³-hybridized carbons (Fsp3) is 0.522. The fourth-order valence-corrected chi connectivity index (χ4v) is 3.49. The van der Waals surface area contributed by atoms with Gasteiger partial charge in [0.25, 0.3) is 5.91 Å². The summed E-state index contributed by atoms with van der Waals surface area (Å²) in [5, 5.41) is 12.3. The lowest BCUT2D eigenvalue weighted by molar-refractivity contribution is -0.151. The van der Waals surface area contributed by atoms with E-state index < -0.39 is 12.1 Å². The average Bonchev–Trinajstić information content (AvgIpc) is 2.70. The topological polar surface area (TPSA) is 88.4 Å². The minimum Gasteiger partial charge on any atom is -0.494 e. The number of carbonyl (C=O) groups is 2. The van der Waals surface area contributed by atoms with E-state index in [2.05, 4.69) is 19.2 Å². The zero-order valence-electron chi connectivity index (χ0n) is 17.6. The van der Waals surface area contributed by atoms with Gasteiger partial charge in [0, 0.05) is 6.04 Å². The van der Waals surface area contributed by atoms with Crippen LogP contribution in [0.5, 0.6) is 5.75 Å². The molecule has 6 heteroatoms. The van der Waals surface area contributed by atoms with E-state index in [1.54, 1.807) is 24.3 Å². The van der Waals surface area contributed by atoms with Crippen LogP contribution < -0.4 is 10.1 Å². The molecule has 1 N–H and O–H groups in total. The molecule has 6 nitrogen and oxygen atoms in total. The second-order valence-corrected chi connectivity index (χ2v) is 7.60. The van der Waals surface area contributed by atoms with E-state index in [0.717, 1.165) is 12.8 Å². The first kappa shape index (κ1) is 22.5. The van der Waals surface area contributed by atoms with Crippen molar-refractivity contribution in [3.63, 3.8) is 0 Å². The van der Waals surface area contributed by atoms with Crippen molar-refractivity contribution in [2.24, 2.45) is 11.8 Å². The zero-order chi connectivity index (χ0) is 21.4. The Kier molecular flexibility index (Phi) is 8.26. The summed E-state index contributed by atoms with van der Waals surface area (Å²) in [6.45, 7) is 8.31. The standard InChI is InChI=1S/C23H30N2O4/c1-5-28-20-11-9-18(10-12-20)13-19(14-24)23(27)29-17(4)22(26)25-21-8-6-7-15(2)16(21)3/h9-13,15-17,21H,5-8H2,1-4H3,(H,25,26)/b19-13+/t15-,16-,17-,21-/m0/s1. The molecule has 1 amide bonds. The van der Waals surface area contributed by atoms with Crippen LogP contribution in [0.25, 0.3) is 6.08 Å². The largest absolute Gasteiger partial charge is 0.494 e. The number of rotatable bonds is 7. The Morgan fingerprint density at radius 3 is 2.59 bits per heavy atom. The molecule has 0 unspecified atom stereocenters. The summed E-state index contributed by atoms with van der Waals surface area (Å²) in [6.07, 6.45) is 3.64. The van der Waals surface area contributed by atoms with Gasteiger partial charge in [-0.2, -0.15) is 5.26 Å². The molecule has 29 heavy (non-hydrogen) atoms. The lowest BCUT2D eigenvalue weighted by Crippen LogP contribution is -2.47. The summed E-state index contributed by atoms with van der Waals surface area (Å²) in [4.78, 5) is 24.8. The van der Waals surface area contributed by atoms with Crippen LogP contribution in [-0.2, 0) is 14.3 Å². The molecule has 0 spiro atoms. The summed E-state index contributed by atoms with van der Waals surface area (Å²) in [6, 6.07) is 8.96. The highest BCUT2D eigenvalue weighted by Crippen LogP contribution is 2.29. The zero-order valence-corrected chi connectivity index (χ0v) is 17.6. The Labute approximate surface area is 172 Å². The van der Waals surface area contributed by atoms with Crippen molar-refractivity contribution in [1.29, 1.82) is 5.26 Å². The minimum absolute atomic E-state index is 0.0854. The Balaban J connectivity index is 1.97. The van der Waals surface area contributed by atoms with Gasteiger partial charge in [-0.1, -0.05) is 38.8 Å². The molecule has 1 fully saturated rings. The molecule has 4 atom stereocenters. The Morgan fingerprint density at radius 1 is 1.28 bits per heavy atom. The van der Waals surface area contributed by atoms with Crippen LogP contribution in [0.2, 0.25) is 0 Å². The summed E-state index contributed by atoms with van der Waals surface area (Å²) < 4.78 is 10.6. The van der Waals surface area contributed by atoms with E-state index in [9.17, 15) is 14.9 Å². The number of nitrogens with zero attached hydrogens (tertiary/aromatic N) is 1. The molecule has 1 saturated carbocycles. The molecular formula is C23H30N2O4. The van der Waals surface area contributed by atoms with Crippen LogP contribution >= 0.6 is 0 Å². The third kappa shape index (κ3) is 6.35. The van der Waals surface area contributed by atoms with Crippen LogP contribution in [0.4, 0.5) is 0 Å². The highest BCUT2D eigenvalue weighted by Gasteiger charge is 2.30. The first-order chi connectivity index (χ1) is 13.8. The molecule has 2 rings (SSSR count). The van der Waals surface area contributed by atoms with Crippen molar-refractivity contribution in [2.45, 2.75) is 59.1 Å². The molecule has 0 radical (unpaired) electrons. The first-order valence-corrected chi connectivity index (χ1v) is 10.2. The predicted molar refractivity (Wildman–Crippen MR) is 111 cm³/mol. The van der Waals surface area contributed by atoms with Gasteiger partial charge in [-0.3, -0.25) is 4.79 Å². The summed E-state index contributed by atoms with van der Waals surface area (Å²) in [5.74, 6) is 0.498. The van der Waals surface area contributed by atoms with Crippen LogP contribution in [0, 0.1) is 23.2 Å². The van der Waals surface area contributed by atoms with Crippen molar-refractivity contribution in [3.05, 3.63) is 35.4 Å². The Bertz CT molecular complexity index is 779. The van der Waals surface area contributed by atoms with Crippen molar-refractivity contribution in [1.82, 2.24) is 5.32 Å². The fourth-order valence-electron chi connectivity index (χ4n) is 3.49. The normalized spacial score (nSPS) is 22.9. The number of hydrogen-bond acceptors (Lipinski definition) is 5. The van der Waals surface area contributed by atoms with E-state index in [4.69, 9.17) is 9.47 Å². The first-order valence-electron chi connectivity index (χ1n) is 10.2. The van der Waals surface area contributed by atoms with Crippen molar-refractivity contribution in [2.75, 3.05) is 6.61 Å². The van der Waals surface area contributed by atoms with Crippen LogP contribution in [-0.4, -0.2) is 30.6 Å². The number of ether oxygens (including phenoxy) is 2. The quantitative estimate of drug-likeness (QED) is 0.428. The number of carbonyl (C=O) groups excluding carboxylic acids is 2. The van der Waals surface area contributed by atoms with Crippen LogP contribution in [0.1, 0.15) is 52.5 Å². The average molecular weight is 399 g/mol. The molecule has 1 aromatic carbocycles. The van der Waals surface area contributed by atoms with E-state index in [0.29, 0.717) is 29.8 Å². The van der Waals surface area contributed by atoms with Gasteiger partial charge in [-0.15, -0.1) is 0 Å². The molecule has 0 aromatic heterocycles. The SMILES string of the molecule is CCOc1ccc(/C=C(\C#N)C(=O)O[C@@H](C)C(=O)N[C@H]2CCC[C@H](C)[C@@H]2C)cc1. The maximum atomic E-state index is 12.5. The van der Waals surface area contributed by atoms with Gasteiger partial charge >= 0.3 is 5.97 Å². The van der Waals surface area contributed by atoms with Gasteiger partial charge in [0.2, 0.25) is 0 Å². The molecule has 156 valence electrons. The smallest absolute Gasteiger partial charge is 0.349 e. The van der Waals surface area contributed by atoms with E-state index in [1.165, 1.54) is 19.4 Å². The summed E-state index contributed by atoms with van der Waals surface area (Å²) >= 11 is 0. The van der Waals surface area contributed by atoms with E-state index in [1.807, 2.05) is 13.0 Å². The monoisotopic (exact) mass is 398 g/mol. The molecule has 0 heterocycles. The maximum absolute atomic E-state index is 12.5. The highest BCUT2D eigenvalue weighted by atomic mass is 16.5. The van der Waals surface area contributed by atoms with Crippen molar-refractivity contribution in [3.8, 4) is 11.8 Å². The van der Waals surface area contributed by atoms with Crippen LogP contribution in [0.3, 0.4) is 0 Å². The Hall–Kier alpha value is -2.81. The third-order valence-corrected chi connectivity index (χ3v) is 5.53. The van der Waals surface area contributed by atoms with Gasteiger partial charge in [-0.25, -0.2) is 4.79 Å². The second kappa shape index (κ2) is 10.7. The third-order valence-electron chi connectivity index (χ3n) is 5.53. The lowest BCUT2D eigenvalue weighted by atomic mass is 9.78. The number of amides is 1. The molecule has 1 aliphatic rings. The summed E-state index contributed by atoms with van der Waals surface area (Å²) in [7, 11) is 0. The molecule has 1 aliphatic carbocycles. The minimum atomic E-state index is -0.969. The molecule has 0 aliphatic heterocycles. The second-order valence-electron chi connectivity index (χ2n) is 7.60. The van der Waals surface area contributed by atoms with Crippen molar-refractivity contribution < 1.29 is 19.1 Å².